The first kappa shape index (κ1) is 11.4. The van der Waals surface area contributed by atoms with Crippen LogP contribution in [0.3, 0.4) is 0 Å². The van der Waals surface area contributed by atoms with Gasteiger partial charge in [0.2, 0.25) is 0 Å². The van der Waals surface area contributed by atoms with Crippen molar-refractivity contribution in [2.45, 2.75) is 0 Å². The maximum absolute atomic E-state index is 13.3. The quantitative estimate of drug-likeness (QED) is 0.818. The highest BCUT2D eigenvalue weighted by Crippen LogP contribution is 2.29. The van der Waals surface area contributed by atoms with Gasteiger partial charge in [0.05, 0.1) is 12.8 Å². The zero-order valence-corrected chi connectivity index (χ0v) is 8.92. The van der Waals surface area contributed by atoms with Gasteiger partial charge in [-0.3, -0.25) is 5.32 Å². The summed E-state index contributed by atoms with van der Waals surface area (Å²) < 4.78 is 35.7. The number of nitrogens with one attached hydrogen (secondary N) is 1. The van der Waals surface area contributed by atoms with Gasteiger partial charge in [0.15, 0.2) is 11.6 Å². The zero-order valence-electron chi connectivity index (χ0n) is 8.92. The van der Waals surface area contributed by atoms with Crippen molar-refractivity contribution in [2.24, 2.45) is 0 Å². The van der Waals surface area contributed by atoms with Crippen LogP contribution in [-0.4, -0.2) is 19.8 Å². The molecule has 0 aliphatic carbocycles. The lowest BCUT2D eigenvalue weighted by molar-refractivity contribution is 0.172. The van der Waals surface area contributed by atoms with Gasteiger partial charge in [0, 0.05) is 11.6 Å². The van der Waals surface area contributed by atoms with Crippen LogP contribution in [0.4, 0.5) is 13.6 Å². The van der Waals surface area contributed by atoms with Crippen LogP contribution >= 0.6 is 0 Å². The molecule has 0 unspecified atom stereocenters. The number of rotatable bonds is 1. The molecule has 1 heterocycles. The summed E-state index contributed by atoms with van der Waals surface area (Å²) in [6, 6.07) is 1.86. The molecule has 1 aliphatic rings. The lowest BCUT2D eigenvalue weighted by Crippen LogP contribution is -2.27. The summed E-state index contributed by atoms with van der Waals surface area (Å²) in [6.07, 6.45) is 0.766. The standard InChI is InChI=1S/C11H9F2NO3/c1-16-11(15)14-8-3-6-2-7(12)4-9(13)10(6)17-5-8/h2-4H,5H2,1H3,(H,14,15). The summed E-state index contributed by atoms with van der Waals surface area (Å²) in [5.41, 5.74) is 0.606. The van der Waals surface area contributed by atoms with Gasteiger partial charge >= 0.3 is 6.09 Å². The Kier molecular flexibility index (Phi) is 2.95. The Labute approximate surface area is 95.8 Å². The number of benzene rings is 1. The average Bonchev–Trinajstić information content (AvgIpc) is 2.28. The van der Waals surface area contributed by atoms with Gasteiger partial charge in [-0.2, -0.15) is 0 Å². The van der Waals surface area contributed by atoms with Crippen molar-refractivity contribution in [1.82, 2.24) is 5.32 Å². The largest absolute Gasteiger partial charge is 0.484 e. The first-order valence-corrected chi connectivity index (χ1v) is 4.77. The van der Waals surface area contributed by atoms with E-state index in [9.17, 15) is 13.6 Å². The van der Waals surface area contributed by atoms with Gasteiger partial charge in [-0.05, 0) is 12.1 Å². The zero-order chi connectivity index (χ0) is 12.4. The Morgan fingerprint density at radius 2 is 2.24 bits per heavy atom. The van der Waals surface area contributed by atoms with E-state index in [1.807, 2.05) is 0 Å². The molecule has 0 aromatic heterocycles. The summed E-state index contributed by atoms with van der Waals surface area (Å²) in [6.45, 7) is -0.00927. The molecule has 2 rings (SSSR count). The highest BCUT2D eigenvalue weighted by Gasteiger charge is 2.18. The molecule has 1 aliphatic heterocycles. The molecule has 0 radical (unpaired) electrons. The fourth-order valence-electron chi connectivity index (χ4n) is 1.47. The number of fused-ring (bicyclic) bond motifs is 1. The number of methoxy groups -OCH3 is 1. The highest BCUT2D eigenvalue weighted by molar-refractivity contribution is 5.73. The number of amides is 1. The summed E-state index contributed by atoms with van der Waals surface area (Å²) in [5.74, 6) is -1.50. The molecule has 0 fully saturated rings. The maximum atomic E-state index is 13.3. The normalized spacial score (nSPS) is 13.2. The van der Waals surface area contributed by atoms with Gasteiger partial charge in [0.1, 0.15) is 12.4 Å². The Balaban J connectivity index is 2.31. The van der Waals surface area contributed by atoms with Crippen LogP contribution in [0.15, 0.2) is 17.8 Å². The van der Waals surface area contributed by atoms with Gasteiger partial charge in [-0.1, -0.05) is 0 Å². The van der Waals surface area contributed by atoms with E-state index in [-0.39, 0.29) is 17.9 Å². The van der Waals surface area contributed by atoms with E-state index < -0.39 is 17.7 Å². The molecule has 0 spiro atoms. The number of ether oxygens (including phenoxy) is 2. The highest BCUT2D eigenvalue weighted by atomic mass is 19.1. The number of hydrogen-bond acceptors (Lipinski definition) is 3. The fourth-order valence-corrected chi connectivity index (χ4v) is 1.47. The van der Waals surface area contributed by atoms with E-state index in [1.54, 1.807) is 0 Å². The van der Waals surface area contributed by atoms with Crippen molar-refractivity contribution < 1.29 is 23.0 Å². The van der Waals surface area contributed by atoms with Gasteiger partial charge in [-0.15, -0.1) is 0 Å². The second-order valence-electron chi connectivity index (χ2n) is 3.38. The maximum Gasteiger partial charge on any atom is 0.411 e. The minimum absolute atomic E-state index is 0.00927. The third-order valence-corrected chi connectivity index (χ3v) is 2.19. The molecule has 1 aromatic carbocycles. The van der Waals surface area contributed by atoms with E-state index >= 15 is 0 Å². The lowest BCUT2D eigenvalue weighted by Gasteiger charge is -2.18. The van der Waals surface area contributed by atoms with Crippen molar-refractivity contribution in [3.8, 4) is 5.75 Å². The van der Waals surface area contributed by atoms with Gasteiger partial charge < -0.3 is 9.47 Å². The molecular weight excluding hydrogens is 232 g/mol. The van der Waals surface area contributed by atoms with E-state index in [2.05, 4.69) is 10.1 Å². The van der Waals surface area contributed by atoms with Crippen molar-refractivity contribution in [3.63, 3.8) is 0 Å². The third-order valence-electron chi connectivity index (χ3n) is 2.19. The fraction of sp³-hybridized carbons (Fsp3) is 0.182. The van der Waals surface area contributed by atoms with Crippen molar-refractivity contribution in [2.75, 3.05) is 13.7 Å². The molecule has 1 N–H and O–H groups in total. The molecule has 0 bridgehead atoms. The Hall–Kier alpha value is -2.11. The Morgan fingerprint density at radius 1 is 1.47 bits per heavy atom. The molecule has 4 nitrogen and oxygen atoms in total. The summed E-state index contributed by atoms with van der Waals surface area (Å²) >= 11 is 0. The van der Waals surface area contributed by atoms with Crippen molar-refractivity contribution in [3.05, 3.63) is 35.0 Å². The molecule has 1 amide bonds. The average molecular weight is 241 g/mol. The van der Waals surface area contributed by atoms with E-state index in [0.717, 1.165) is 12.1 Å². The number of alkyl carbamates (subject to hydrolysis) is 1. The number of halogens is 2. The SMILES string of the molecule is COC(=O)NC1=Cc2cc(F)cc(F)c2OC1. The molecule has 0 atom stereocenters. The van der Waals surface area contributed by atoms with E-state index in [1.165, 1.54) is 13.2 Å². The minimum atomic E-state index is -0.770. The van der Waals surface area contributed by atoms with Crippen LogP contribution in [0.25, 0.3) is 6.08 Å². The van der Waals surface area contributed by atoms with Crippen LogP contribution in [-0.2, 0) is 4.74 Å². The first-order valence-electron chi connectivity index (χ1n) is 4.77. The summed E-state index contributed by atoms with van der Waals surface area (Å²) in [5, 5.41) is 2.38. The van der Waals surface area contributed by atoms with Crippen LogP contribution in [0.1, 0.15) is 5.56 Å². The number of hydrogen-bond donors (Lipinski definition) is 1. The number of carbonyl (C=O) groups excluding carboxylic acids is 1. The second-order valence-corrected chi connectivity index (χ2v) is 3.38. The molecule has 17 heavy (non-hydrogen) atoms. The summed E-state index contributed by atoms with van der Waals surface area (Å²) in [4.78, 5) is 10.9. The lowest BCUT2D eigenvalue weighted by atomic mass is 10.1. The molecule has 1 aromatic rings. The molecule has 0 saturated carbocycles. The predicted molar refractivity (Wildman–Crippen MR) is 55.4 cm³/mol. The van der Waals surface area contributed by atoms with Gasteiger partial charge in [-0.25, -0.2) is 13.6 Å². The third kappa shape index (κ3) is 2.35. The van der Waals surface area contributed by atoms with Crippen LogP contribution in [0.5, 0.6) is 5.75 Å². The Bertz CT molecular complexity index is 500. The monoisotopic (exact) mass is 241 g/mol. The van der Waals surface area contributed by atoms with Crippen LogP contribution < -0.4 is 10.1 Å². The second kappa shape index (κ2) is 4.40. The topological polar surface area (TPSA) is 47.6 Å². The molecule has 0 saturated heterocycles. The molecule has 90 valence electrons. The van der Waals surface area contributed by atoms with Crippen LogP contribution in [0, 0.1) is 11.6 Å². The van der Waals surface area contributed by atoms with Gasteiger partial charge in [0.25, 0.3) is 0 Å². The first-order chi connectivity index (χ1) is 8.10. The van der Waals surface area contributed by atoms with Crippen molar-refractivity contribution >= 4 is 12.2 Å². The van der Waals surface area contributed by atoms with E-state index in [4.69, 9.17) is 4.74 Å². The Morgan fingerprint density at radius 3 is 2.94 bits per heavy atom. The van der Waals surface area contributed by atoms with E-state index in [0.29, 0.717) is 5.70 Å². The molecule has 6 heteroatoms. The smallest absolute Gasteiger partial charge is 0.411 e. The van der Waals surface area contributed by atoms with Crippen LogP contribution in [0.2, 0.25) is 0 Å². The molecular formula is C11H9F2NO3. The predicted octanol–water partition coefficient (Wildman–Crippen LogP) is 2.05. The summed E-state index contributed by atoms with van der Waals surface area (Å²) in [7, 11) is 1.22. The van der Waals surface area contributed by atoms with Crippen molar-refractivity contribution in [1.29, 1.82) is 0 Å². The minimum Gasteiger partial charge on any atom is -0.484 e. The number of carbonyl (C=O) groups is 1.